The number of hydrogen-bond donors (Lipinski definition) is 1. The van der Waals surface area contributed by atoms with E-state index in [0.717, 1.165) is 18.0 Å². The Morgan fingerprint density at radius 1 is 1.32 bits per heavy atom. The van der Waals surface area contributed by atoms with Gasteiger partial charge < -0.3 is 13.9 Å². The average molecular weight is 304 g/mol. The van der Waals surface area contributed by atoms with Crippen molar-refractivity contribution >= 4 is 0 Å². The van der Waals surface area contributed by atoms with E-state index in [4.69, 9.17) is 8.83 Å². The lowest BCUT2D eigenvalue weighted by molar-refractivity contribution is 0.115. The predicted octanol–water partition coefficient (Wildman–Crippen LogP) is 3.37. The Bertz CT molecular complexity index is 571. The molecular formula is C17H24N2O3. The second kappa shape index (κ2) is 7.11. The quantitative estimate of drug-likeness (QED) is 0.886. The molecule has 5 nitrogen and oxygen atoms in total. The summed E-state index contributed by atoms with van der Waals surface area (Å²) in [5.41, 5.74) is 0.936. The summed E-state index contributed by atoms with van der Waals surface area (Å²) in [5.74, 6) is 2.01. The number of nitrogens with zero attached hydrogens (tertiary/aromatic N) is 2. The highest BCUT2D eigenvalue weighted by atomic mass is 16.4. The van der Waals surface area contributed by atoms with Crippen molar-refractivity contribution in [2.75, 3.05) is 13.2 Å². The van der Waals surface area contributed by atoms with Gasteiger partial charge in [-0.25, -0.2) is 4.98 Å². The largest absolute Gasteiger partial charge is 0.459 e. The number of aryl methyl sites for hydroxylation is 1. The number of aliphatic hydroxyl groups is 1. The van der Waals surface area contributed by atoms with Gasteiger partial charge in [0.15, 0.2) is 5.76 Å². The molecule has 3 rings (SSSR count). The van der Waals surface area contributed by atoms with Crippen molar-refractivity contribution < 1.29 is 13.9 Å². The zero-order chi connectivity index (χ0) is 15.4. The number of oxazole rings is 1. The third-order valence-electron chi connectivity index (χ3n) is 4.46. The van der Waals surface area contributed by atoms with E-state index < -0.39 is 0 Å². The SMILES string of the molecule is Cc1oc(-c2ccco2)nc1CN(CCO)C1CCCCC1. The highest BCUT2D eigenvalue weighted by Crippen LogP contribution is 2.26. The second-order valence-corrected chi connectivity index (χ2v) is 5.99. The molecule has 22 heavy (non-hydrogen) atoms. The second-order valence-electron chi connectivity index (χ2n) is 5.99. The van der Waals surface area contributed by atoms with Gasteiger partial charge in [0.2, 0.25) is 0 Å². The van der Waals surface area contributed by atoms with E-state index in [1.165, 1.54) is 32.1 Å². The van der Waals surface area contributed by atoms with Gasteiger partial charge in [0, 0.05) is 19.1 Å². The Morgan fingerprint density at radius 2 is 2.14 bits per heavy atom. The zero-order valence-electron chi connectivity index (χ0n) is 13.1. The highest BCUT2D eigenvalue weighted by Gasteiger charge is 2.23. The number of aliphatic hydroxyl groups excluding tert-OH is 1. The van der Waals surface area contributed by atoms with Crippen LogP contribution < -0.4 is 0 Å². The summed E-state index contributed by atoms with van der Waals surface area (Å²) in [6.07, 6.45) is 7.93. The minimum atomic E-state index is 0.179. The topological polar surface area (TPSA) is 62.6 Å². The van der Waals surface area contributed by atoms with Gasteiger partial charge in [0.05, 0.1) is 18.6 Å². The van der Waals surface area contributed by atoms with E-state index in [1.54, 1.807) is 6.26 Å². The van der Waals surface area contributed by atoms with Crippen LogP contribution in [0.3, 0.4) is 0 Å². The van der Waals surface area contributed by atoms with Gasteiger partial charge in [-0.15, -0.1) is 0 Å². The Labute approximate surface area is 130 Å². The van der Waals surface area contributed by atoms with E-state index >= 15 is 0 Å². The summed E-state index contributed by atoms with van der Waals surface area (Å²) < 4.78 is 11.1. The van der Waals surface area contributed by atoms with Crippen LogP contribution in [0.25, 0.3) is 11.7 Å². The predicted molar refractivity (Wildman–Crippen MR) is 83.3 cm³/mol. The maximum Gasteiger partial charge on any atom is 0.263 e. The molecule has 2 aromatic rings. The molecule has 1 fully saturated rings. The van der Waals surface area contributed by atoms with Crippen molar-refractivity contribution in [1.29, 1.82) is 0 Å². The Balaban J connectivity index is 1.74. The summed E-state index contributed by atoms with van der Waals surface area (Å²) >= 11 is 0. The lowest BCUT2D eigenvalue weighted by Crippen LogP contribution is -2.38. The summed E-state index contributed by atoms with van der Waals surface area (Å²) in [4.78, 5) is 6.93. The molecule has 0 spiro atoms. The van der Waals surface area contributed by atoms with Crippen LogP contribution in [0.2, 0.25) is 0 Å². The first-order valence-electron chi connectivity index (χ1n) is 8.13. The molecule has 1 saturated carbocycles. The molecule has 0 aliphatic heterocycles. The fraction of sp³-hybridized carbons (Fsp3) is 0.588. The van der Waals surface area contributed by atoms with Gasteiger partial charge in [-0.05, 0) is 31.9 Å². The lowest BCUT2D eigenvalue weighted by atomic mass is 9.94. The van der Waals surface area contributed by atoms with Crippen LogP contribution >= 0.6 is 0 Å². The molecule has 1 aliphatic rings. The molecule has 0 aromatic carbocycles. The molecule has 2 heterocycles. The van der Waals surface area contributed by atoms with Crippen molar-refractivity contribution in [3.05, 3.63) is 29.9 Å². The minimum absolute atomic E-state index is 0.179. The van der Waals surface area contributed by atoms with E-state index in [0.29, 0.717) is 24.2 Å². The van der Waals surface area contributed by atoms with Crippen molar-refractivity contribution in [3.8, 4) is 11.7 Å². The van der Waals surface area contributed by atoms with Crippen LogP contribution in [-0.2, 0) is 6.54 Å². The molecule has 1 aliphatic carbocycles. The van der Waals surface area contributed by atoms with Crippen molar-refractivity contribution in [1.82, 2.24) is 9.88 Å². The number of aromatic nitrogens is 1. The number of hydrogen-bond acceptors (Lipinski definition) is 5. The summed E-state index contributed by atoms with van der Waals surface area (Å²) in [5, 5.41) is 9.37. The molecule has 0 amide bonds. The molecule has 0 saturated heterocycles. The number of furan rings is 1. The molecule has 120 valence electrons. The molecule has 1 N–H and O–H groups in total. The van der Waals surface area contributed by atoms with Crippen LogP contribution in [0.15, 0.2) is 27.2 Å². The summed E-state index contributed by atoms with van der Waals surface area (Å²) in [6.45, 7) is 3.53. The van der Waals surface area contributed by atoms with Crippen molar-refractivity contribution in [3.63, 3.8) is 0 Å². The van der Waals surface area contributed by atoms with E-state index in [1.807, 2.05) is 19.1 Å². The fourth-order valence-electron chi connectivity index (χ4n) is 3.24. The molecule has 2 aromatic heterocycles. The van der Waals surface area contributed by atoms with E-state index in [-0.39, 0.29) is 6.61 Å². The molecule has 0 bridgehead atoms. The van der Waals surface area contributed by atoms with E-state index in [2.05, 4.69) is 9.88 Å². The first kappa shape index (κ1) is 15.3. The highest BCUT2D eigenvalue weighted by molar-refractivity contribution is 5.44. The maximum absolute atomic E-state index is 9.37. The minimum Gasteiger partial charge on any atom is -0.459 e. The monoisotopic (exact) mass is 304 g/mol. The maximum atomic E-state index is 9.37. The van der Waals surface area contributed by atoms with Crippen LogP contribution in [0.4, 0.5) is 0 Å². The summed E-state index contributed by atoms with van der Waals surface area (Å²) in [6, 6.07) is 4.22. The number of rotatable bonds is 6. The van der Waals surface area contributed by atoms with Gasteiger partial charge >= 0.3 is 0 Å². The zero-order valence-corrected chi connectivity index (χ0v) is 13.1. The smallest absolute Gasteiger partial charge is 0.263 e. The Kier molecular flexibility index (Phi) is 4.95. The Hall–Kier alpha value is -1.59. The molecule has 0 atom stereocenters. The first-order chi connectivity index (χ1) is 10.8. The van der Waals surface area contributed by atoms with Crippen molar-refractivity contribution in [2.24, 2.45) is 0 Å². The summed E-state index contributed by atoms with van der Waals surface area (Å²) in [7, 11) is 0. The van der Waals surface area contributed by atoms with Gasteiger partial charge in [-0.2, -0.15) is 0 Å². The first-order valence-corrected chi connectivity index (χ1v) is 8.13. The van der Waals surface area contributed by atoms with Crippen LogP contribution in [0.5, 0.6) is 0 Å². The third-order valence-corrected chi connectivity index (χ3v) is 4.46. The average Bonchev–Trinajstić information content (AvgIpc) is 3.18. The van der Waals surface area contributed by atoms with Crippen LogP contribution in [0, 0.1) is 6.92 Å². The molecule has 0 unspecified atom stereocenters. The van der Waals surface area contributed by atoms with E-state index in [9.17, 15) is 5.11 Å². The Morgan fingerprint density at radius 3 is 2.82 bits per heavy atom. The molecule has 0 radical (unpaired) electrons. The van der Waals surface area contributed by atoms with Crippen LogP contribution in [0.1, 0.15) is 43.6 Å². The van der Waals surface area contributed by atoms with Crippen LogP contribution in [-0.4, -0.2) is 34.2 Å². The van der Waals surface area contributed by atoms with Gasteiger partial charge in [0.1, 0.15) is 5.76 Å². The standard InChI is InChI=1S/C17H24N2O3/c1-13-15(18-17(22-13)16-8-5-11-21-16)12-19(9-10-20)14-6-3-2-4-7-14/h5,8,11,14,20H,2-4,6-7,9-10,12H2,1H3. The molecule has 5 heteroatoms. The molecular weight excluding hydrogens is 280 g/mol. The van der Waals surface area contributed by atoms with Gasteiger partial charge in [0.25, 0.3) is 5.89 Å². The normalized spacial score (nSPS) is 16.5. The van der Waals surface area contributed by atoms with Gasteiger partial charge in [-0.1, -0.05) is 19.3 Å². The third kappa shape index (κ3) is 3.42. The lowest BCUT2D eigenvalue weighted by Gasteiger charge is -2.33. The van der Waals surface area contributed by atoms with Gasteiger partial charge in [-0.3, -0.25) is 4.90 Å². The fourth-order valence-corrected chi connectivity index (χ4v) is 3.24. The van der Waals surface area contributed by atoms with Crippen molar-refractivity contribution in [2.45, 2.75) is 51.6 Å².